The summed E-state index contributed by atoms with van der Waals surface area (Å²) in [6, 6.07) is 10.4. The van der Waals surface area contributed by atoms with E-state index in [2.05, 4.69) is 59.2 Å². The minimum absolute atomic E-state index is 0.387. The summed E-state index contributed by atoms with van der Waals surface area (Å²) >= 11 is 0. The van der Waals surface area contributed by atoms with Crippen LogP contribution in [0.4, 0.5) is 0 Å². The van der Waals surface area contributed by atoms with Gasteiger partial charge in [0.1, 0.15) is 5.69 Å². The summed E-state index contributed by atoms with van der Waals surface area (Å²) in [5.74, 6) is 0. The largest absolute Gasteiger partial charge is 0.266 e. The molecule has 0 fully saturated rings. The fraction of sp³-hybridized carbons (Fsp3) is 0.368. The highest BCUT2D eigenvalue weighted by atomic mass is 15.3. The van der Waals surface area contributed by atoms with Crippen LogP contribution in [0.2, 0.25) is 0 Å². The van der Waals surface area contributed by atoms with E-state index in [1.807, 2.05) is 23.1 Å². The number of rotatable bonds is 3. The summed E-state index contributed by atoms with van der Waals surface area (Å²) in [4.78, 5) is 0. The average Bonchev–Trinajstić information content (AvgIpc) is 3.13. The number of nitrogens with zero attached hydrogens (tertiary/aromatic N) is 4. The highest BCUT2D eigenvalue weighted by molar-refractivity contribution is 5.33. The molecule has 0 atom stereocenters. The molecule has 2 heterocycles. The molecule has 4 rings (SSSR count). The predicted molar refractivity (Wildman–Crippen MR) is 90.7 cm³/mol. The number of aromatic nitrogens is 4. The molecule has 0 unspecified atom stereocenters. The third kappa shape index (κ3) is 2.81. The van der Waals surface area contributed by atoms with E-state index in [0.717, 1.165) is 25.1 Å². The number of benzene rings is 1. The normalized spacial score (nSPS) is 16.3. The Balaban J connectivity index is 1.60. The third-order valence-electron chi connectivity index (χ3n) is 4.71. The van der Waals surface area contributed by atoms with Crippen molar-refractivity contribution >= 4 is 0 Å². The van der Waals surface area contributed by atoms with Crippen molar-refractivity contribution in [2.45, 2.75) is 39.7 Å². The second-order valence-electron chi connectivity index (χ2n) is 7.25. The summed E-state index contributed by atoms with van der Waals surface area (Å²) in [5.41, 5.74) is 5.44. The van der Waals surface area contributed by atoms with Crippen LogP contribution in [0.15, 0.2) is 48.9 Å². The third-order valence-corrected chi connectivity index (χ3v) is 4.71. The molecule has 0 aliphatic heterocycles. The van der Waals surface area contributed by atoms with Crippen LogP contribution >= 0.6 is 0 Å². The molecule has 4 nitrogen and oxygen atoms in total. The number of fused-ring (bicyclic) bond motifs is 1. The Morgan fingerprint density at radius 1 is 1.09 bits per heavy atom. The van der Waals surface area contributed by atoms with Crippen molar-refractivity contribution in [3.8, 4) is 5.69 Å². The van der Waals surface area contributed by atoms with Gasteiger partial charge < -0.3 is 0 Å². The van der Waals surface area contributed by atoms with Crippen LogP contribution in [0, 0.1) is 5.41 Å². The second-order valence-corrected chi connectivity index (χ2v) is 7.25. The SMILES string of the molecule is CC1(C)CCc2c(cnn2-c2cnn(Cc3ccccc3)c2)C1. The molecule has 0 N–H and O–H groups in total. The van der Waals surface area contributed by atoms with Gasteiger partial charge in [-0.25, -0.2) is 4.68 Å². The van der Waals surface area contributed by atoms with Crippen molar-refractivity contribution in [1.29, 1.82) is 0 Å². The van der Waals surface area contributed by atoms with E-state index in [1.165, 1.54) is 23.2 Å². The minimum Gasteiger partial charge on any atom is -0.266 e. The Hall–Kier alpha value is -2.36. The molecule has 23 heavy (non-hydrogen) atoms. The lowest BCUT2D eigenvalue weighted by atomic mass is 9.77. The van der Waals surface area contributed by atoms with E-state index >= 15 is 0 Å². The standard InChI is InChI=1S/C19H22N4/c1-19(2)9-8-18-16(10-19)11-21-23(18)17-12-20-22(14-17)13-15-6-4-3-5-7-15/h3-7,11-12,14H,8-10,13H2,1-2H3. The highest BCUT2D eigenvalue weighted by Crippen LogP contribution is 2.35. The van der Waals surface area contributed by atoms with Crippen LogP contribution in [0.1, 0.15) is 37.1 Å². The lowest BCUT2D eigenvalue weighted by Crippen LogP contribution is -2.22. The zero-order chi connectivity index (χ0) is 15.9. The van der Waals surface area contributed by atoms with Gasteiger partial charge in [-0.3, -0.25) is 4.68 Å². The first-order valence-electron chi connectivity index (χ1n) is 8.23. The van der Waals surface area contributed by atoms with E-state index in [-0.39, 0.29) is 0 Å². The average molecular weight is 306 g/mol. The van der Waals surface area contributed by atoms with Crippen molar-refractivity contribution in [2.24, 2.45) is 5.41 Å². The molecule has 1 aromatic carbocycles. The molecule has 0 amide bonds. The maximum absolute atomic E-state index is 4.62. The molecule has 0 radical (unpaired) electrons. The Kier molecular flexibility index (Phi) is 3.33. The van der Waals surface area contributed by atoms with E-state index in [9.17, 15) is 0 Å². The van der Waals surface area contributed by atoms with Gasteiger partial charge in [0.15, 0.2) is 0 Å². The first kappa shape index (κ1) is 14.2. The van der Waals surface area contributed by atoms with Gasteiger partial charge in [0.25, 0.3) is 0 Å². The minimum atomic E-state index is 0.387. The first-order valence-corrected chi connectivity index (χ1v) is 8.23. The van der Waals surface area contributed by atoms with Crippen molar-refractivity contribution in [3.05, 3.63) is 65.7 Å². The van der Waals surface area contributed by atoms with Crippen molar-refractivity contribution in [1.82, 2.24) is 19.6 Å². The van der Waals surface area contributed by atoms with Crippen LogP contribution in [-0.2, 0) is 19.4 Å². The molecule has 1 aliphatic carbocycles. The lowest BCUT2D eigenvalue weighted by molar-refractivity contribution is 0.312. The van der Waals surface area contributed by atoms with Gasteiger partial charge in [0.05, 0.1) is 25.1 Å². The summed E-state index contributed by atoms with van der Waals surface area (Å²) < 4.78 is 4.05. The van der Waals surface area contributed by atoms with Gasteiger partial charge >= 0.3 is 0 Å². The molecule has 2 aromatic heterocycles. The summed E-state index contributed by atoms with van der Waals surface area (Å²) in [5, 5.41) is 9.12. The lowest BCUT2D eigenvalue weighted by Gasteiger charge is -2.29. The Labute approximate surface area is 136 Å². The number of hydrogen-bond donors (Lipinski definition) is 0. The van der Waals surface area contributed by atoms with E-state index in [0.29, 0.717) is 5.41 Å². The zero-order valence-corrected chi connectivity index (χ0v) is 13.7. The van der Waals surface area contributed by atoms with Crippen molar-refractivity contribution in [3.63, 3.8) is 0 Å². The summed E-state index contributed by atoms with van der Waals surface area (Å²) in [6.45, 7) is 5.47. The molecular formula is C19H22N4. The molecule has 3 aromatic rings. The fourth-order valence-electron chi connectivity index (χ4n) is 3.42. The van der Waals surface area contributed by atoms with Gasteiger partial charge in [-0.1, -0.05) is 44.2 Å². The van der Waals surface area contributed by atoms with Crippen molar-refractivity contribution in [2.75, 3.05) is 0 Å². The first-order chi connectivity index (χ1) is 11.1. The van der Waals surface area contributed by atoms with Crippen LogP contribution in [0.3, 0.4) is 0 Å². The highest BCUT2D eigenvalue weighted by Gasteiger charge is 2.28. The summed E-state index contributed by atoms with van der Waals surface area (Å²) in [7, 11) is 0. The molecule has 1 aliphatic rings. The zero-order valence-electron chi connectivity index (χ0n) is 13.7. The maximum atomic E-state index is 4.62. The van der Waals surface area contributed by atoms with Crippen LogP contribution in [0.5, 0.6) is 0 Å². The monoisotopic (exact) mass is 306 g/mol. The summed E-state index contributed by atoms with van der Waals surface area (Å²) in [6.07, 6.45) is 9.44. The van der Waals surface area contributed by atoms with Gasteiger partial charge in [-0.2, -0.15) is 10.2 Å². The van der Waals surface area contributed by atoms with Crippen LogP contribution < -0.4 is 0 Å². The molecule has 0 bridgehead atoms. The van der Waals surface area contributed by atoms with E-state index in [4.69, 9.17) is 0 Å². The topological polar surface area (TPSA) is 35.6 Å². The van der Waals surface area contributed by atoms with E-state index in [1.54, 1.807) is 0 Å². The van der Waals surface area contributed by atoms with Crippen LogP contribution in [0.25, 0.3) is 5.69 Å². The van der Waals surface area contributed by atoms with Crippen molar-refractivity contribution < 1.29 is 0 Å². The molecule has 0 spiro atoms. The van der Waals surface area contributed by atoms with Gasteiger partial charge in [-0.05, 0) is 35.8 Å². The quantitative estimate of drug-likeness (QED) is 0.740. The smallest absolute Gasteiger partial charge is 0.103 e. The molecule has 118 valence electrons. The Bertz CT molecular complexity index is 811. The van der Waals surface area contributed by atoms with E-state index < -0.39 is 0 Å². The predicted octanol–water partition coefficient (Wildman–Crippen LogP) is 3.63. The van der Waals surface area contributed by atoms with Crippen LogP contribution in [-0.4, -0.2) is 19.6 Å². The second kappa shape index (κ2) is 5.37. The molecular weight excluding hydrogens is 284 g/mol. The molecule has 0 saturated carbocycles. The fourth-order valence-corrected chi connectivity index (χ4v) is 3.42. The maximum Gasteiger partial charge on any atom is 0.103 e. The number of hydrogen-bond acceptors (Lipinski definition) is 2. The van der Waals surface area contributed by atoms with Gasteiger partial charge in [-0.15, -0.1) is 0 Å². The molecule has 4 heteroatoms. The van der Waals surface area contributed by atoms with Gasteiger partial charge in [0, 0.05) is 5.69 Å². The Morgan fingerprint density at radius 2 is 1.91 bits per heavy atom. The van der Waals surface area contributed by atoms with Gasteiger partial charge in [0.2, 0.25) is 0 Å². The molecule has 0 saturated heterocycles. The Morgan fingerprint density at radius 3 is 2.74 bits per heavy atom.